The number of rotatable bonds is 7. The number of carbonyl (C=O) groups is 1. The highest BCUT2D eigenvalue weighted by atomic mass is 32.2. The number of methoxy groups -OCH3 is 1. The van der Waals surface area contributed by atoms with Crippen molar-refractivity contribution < 1.29 is 9.53 Å². The molecule has 1 atom stereocenters. The van der Waals surface area contributed by atoms with E-state index in [-0.39, 0.29) is 16.7 Å². The molecule has 0 saturated heterocycles. The standard InChI is InChI=1S/C22H25N3O3S/c1-5-24(6-2)20(26)15(3)29-22-23-19-10-8-7-9-18(19)21(27)25(22)16-11-13-17(28-4)14-12-16/h7-15H,5-6H2,1-4H3. The van der Waals surface area contributed by atoms with Gasteiger partial charge in [-0.15, -0.1) is 0 Å². The number of hydrogen-bond acceptors (Lipinski definition) is 5. The Morgan fingerprint density at radius 3 is 2.41 bits per heavy atom. The molecular weight excluding hydrogens is 386 g/mol. The SMILES string of the molecule is CCN(CC)C(=O)C(C)Sc1nc2ccccc2c(=O)n1-c1ccc(OC)cc1. The summed E-state index contributed by atoms with van der Waals surface area (Å²) in [6.45, 7) is 7.07. The minimum Gasteiger partial charge on any atom is -0.497 e. The van der Waals surface area contributed by atoms with E-state index in [0.717, 1.165) is 0 Å². The topological polar surface area (TPSA) is 64.4 Å². The highest BCUT2D eigenvalue weighted by molar-refractivity contribution is 8.00. The number of hydrogen-bond donors (Lipinski definition) is 0. The lowest BCUT2D eigenvalue weighted by molar-refractivity contribution is -0.129. The summed E-state index contributed by atoms with van der Waals surface area (Å²) >= 11 is 1.30. The number of benzene rings is 2. The minimum absolute atomic E-state index is 0.0312. The van der Waals surface area contributed by atoms with E-state index in [0.29, 0.717) is 40.6 Å². The van der Waals surface area contributed by atoms with Crippen LogP contribution in [0.25, 0.3) is 16.6 Å². The first-order chi connectivity index (χ1) is 14.0. The van der Waals surface area contributed by atoms with Crippen molar-refractivity contribution in [1.82, 2.24) is 14.5 Å². The molecule has 6 nitrogen and oxygen atoms in total. The number of aromatic nitrogens is 2. The lowest BCUT2D eigenvalue weighted by Crippen LogP contribution is -2.36. The van der Waals surface area contributed by atoms with Gasteiger partial charge >= 0.3 is 0 Å². The third-order valence-corrected chi connectivity index (χ3v) is 5.82. The molecule has 0 aliphatic rings. The van der Waals surface area contributed by atoms with Crippen LogP contribution in [0.1, 0.15) is 20.8 Å². The van der Waals surface area contributed by atoms with Crippen LogP contribution >= 0.6 is 11.8 Å². The second kappa shape index (κ2) is 9.13. The Bertz CT molecular complexity index is 1060. The number of amides is 1. The van der Waals surface area contributed by atoms with Crippen molar-refractivity contribution in [2.75, 3.05) is 20.2 Å². The van der Waals surface area contributed by atoms with Gasteiger partial charge in [0.1, 0.15) is 5.75 Å². The molecule has 0 aliphatic heterocycles. The predicted molar refractivity (Wildman–Crippen MR) is 117 cm³/mol. The van der Waals surface area contributed by atoms with Gasteiger partial charge in [-0.3, -0.25) is 14.2 Å². The van der Waals surface area contributed by atoms with Gasteiger partial charge in [0.2, 0.25) is 5.91 Å². The summed E-state index contributed by atoms with van der Waals surface area (Å²) in [5, 5.41) is 0.662. The van der Waals surface area contributed by atoms with E-state index in [9.17, 15) is 9.59 Å². The lowest BCUT2D eigenvalue weighted by atomic mass is 10.2. The smallest absolute Gasteiger partial charge is 0.266 e. The maximum absolute atomic E-state index is 13.3. The molecule has 29 heavy (non-hydrogen) atoms. The van der Waals surface area contributed by atoms with Crippen LogP contribution in [0.2, 0.25) is 0 Å². The molecule has 1 unspecified atom stereocenters. The molecule has 0 radical (unpaired) electrons. The third kappa shape index (κ3) is 4.29. The molecule has 1 aromatic heterocycles. The van der Waals surface area contributed by atoms with E-state index in [4.69, 9.17) is 9.72 Å². The summed E-state index contributed by atoms with van der Waals surface area (Å²) in [6, 6.07) is 14.5. The average molecular weight is 412 g/mol. The van der Waals surface area contributed by atoms with E-state index in [1.165, 1.54) is 11.8 Å². The summed E-state index contributed by atoms with van der Waals surface area (Å²) in [4.78, 5) is 32.5. The van der Waals surface area contributed by atoms with Crippen molar-refractivity contribution in [1.29, 1.82) is 0 Å². The van der Waals surface area contributed by atoms with Crippen molar-refractivity contribution in [2.45, 2.75) is 31.2 Å². The lowest BCUT2D eigenvalue weighted by Gasteiger charge is -2.23. The maximum atomic E-state index is 13.3. The number of thioether (sulfide) groups is 1. The molecule has 0 aliphatic carbocycles. The molecule has 152 valence electrons. The molecule has 7 heteroatoms. The number of nitrogens with zero attached hydrogens (tertiary/aromatic N) is 3. The second-order valence-electron chi connectivity index (χ2n) is 6.52. The van der Waals surface area contributed by atoms with Crippen LogP contribution in [0.4, 0.5) is 0 Å². The normalized spacial score (nSPS) is 12.0. The van der Waals surface area contributed by atoms with Gasteiger partial charge in [-0.2, -0.15) is 0 Å². The first-order valence-corrected chi connectivity index (χ1v) is 10.5. The molecule has 2 aromatic carbocycles. The molecule has 1 heterocycles. The van der Waals surface area contributed by atoms with Crippen LogP contribution in [0.5, 0.6) is 5.75 Å². The fourth-order valence-electron chi connectivity index (χ4n) is 3.15. The first kappa shape index (κ1) is 20.9. The van der Waals surface area contributed by atoms with Crippen molar-refractivity contribution in [3.8, 4) is 11.4 Å². The van der Waals surface area contributed by atoms with Crippen LogP contribution in [0.15, 0.2) is 58.5 Å². The van der Waals surface area contributed by atoms with E-state index < -0.39 is 0 Å². The summed E-state index contributed by atoms with van der Waals surface area (Å²) < 4.78 is 6.79. The third-order valence-electron chi connectivity index (χ3n) is 4.78. The predicted octanol–water partition coefficient (Wildman–Crippen LogP) is 3.74. The molecular formula is C22H25N3O3S. The minimum atomic E-state index is -0.368. The van der Waals surface area contributed by atoms with E-state index >= 15 is 0 Å². The zero-order valence-corrected chi connectivity index (χ0v) is 17.9. The fourth-order valence-corrected chi connectivity index (χ4v) is 4.16. The Hall–Kier alpha value is -2.80. The Balaban J connectivity index is 2.11. The summed E-state index contributed by atoms with van der Waals surface area (Å²) in [5.74, 6) is 0.735. The van der Waals surface area contributed by atoms with Gasteiger partial charge in [0.15, 0.2) is 5.16 Å². The molecule has 0 spiro atoms. The van der Waals surface area contributed by atoms with Crippen LogP contribution < -0.4 is 10.3 Å². The molecule has 3 aromatic rings. The highest BCUT2D eigenvalue weighted by Gasteiger charge is 2.23. The number of carbonyl (C=O) groups excluding carboxylic acids is 1. The van der Waals surface area contributed by atoms with Crippen LogP contribution in [-0.2, 0) is 4.79 Å². The van der Waals surface area contributed by atoms with Crippen LogP contribution in [-0.4, -0.2) is 45.8 Å². The van der Waals surface area contributed by atoms with Gasteiger partial charge in [-0.05, 0) is 57.2 Å². The van der Waals surface area contributed by atoms with Crippen molar-refractivity contribution in [3.63, 3.8) is 0 Å². The average Bonchev–Trinajstić information content (AvgIpc) is 2.75. The maximum Gasteiger partial charge on any atom is 0.266 e. The molecule has 0 N–H and O–H groups in total. The zero-order valence-electron chi connectivity index (χ0n) is 17.1. The van der Waals surface area contributed by atoms with Gasteiger partial charge in [0, 0.05) is 13.1 Å². The first-order valence-electron chi connectivity index (χ1n) is 9.61. The monoisotopic (exact) mass is 411 g/mol. The molecule has 0 bridgehead atoms. The van der Waals surface area contributed by atoms with Gasteiger partial charge < -0.3 is 9.64 Å². The molecule has 3 rings (SSSR count). The Labute approximate surface area is 174 Å². The number of fused-ring (bicyclic) bond motifs is 1. The Morgan fingerprint density at radius 2 is 1.79 bits per heavy atom. The molecule has 0 fully saturated rings. The van der Waals surface area contributed by atoms with Crippen LogP contribution in [0.3, 0.4) is 0 Å². The number of ether oxygens (including phenoxy) is 1. The van der Waals surface area contributed by atoms with Gasteiger partial charge in [0.05, 0.1) is 29.0 Å². The van der Waals surface area contributed by atoms with E-state index in [1.54, 1.807) is 34.8 Å². The Morgan fingerprint density at radius 1 is 1.14 bits per heavy atom. The van der Waals surface area contributed by atoms with Crippen molar-refractivity contribution in [2.24, 2.45) is 0 Å². The second-order valence-corrected chi connectivity index (χ2v) is 7.83. The molecule has 0 saturated carbocycles. The van der Waals surface area contributed by atoms with E-state index in [1.807, 2.05) is 51.1 Å². The van der Waals surface area contributed by atoms with Crippen molar-refractivity contribution >= 4 is 28.6 Å². The number of para-hydroxylation sites is 1. The zero-order chi connectivity index (χ0) is 21.0. The van der Waals surface area contributed by atoms with Crippen molar-refractivity contribution in [3.05, 3.63) is 58.9 Å². The summed E-state index contributed by atoms with van der Waals surface area (Å²) in [6.07, 6.45) is 0. The summed E-state index contributed by atoms with van der Waals surface area (Å²) in [7, 11) is 1.60. The quantitative estimate of drug-likeness (QED) is 0.438. The van der Waals surface area contributed by atoms with E-state index in [2.05, 4.69) is 0 Å². The van der Waals surface area contributed by atoms with Gasteiger partial charge in [0.25, 0.3) is 5.56 Å². The molecule has 1 amide bonds. The fraction of sp³-hybridized carbons (Fsp3) is 0.318. The largest absolute Gasteiger partial charge is 0.497 e. The van der Waals surface area contributed by atoms with Gasteiger partial charge in [-0.25, -0.2) is 4.98 Å². The van der Waals surface area contributed by atoms with Crippen LogP contribution in [0, 0.1) is 0 Å². The van der Waals surface area contributed by atoms with Gasteiger partial charge in [-0.1, -0.05) is 23.9 Å². The summed E-state index contributed by atoms with van der Waals surface area (Å²) in [5.41, 5.74) is 1.14. The Kier molecular flexibility index (Phi) is 6.59. The highest BCUT2D eigenvalue weighted by Crippen LogP contribution is 2.26.